The van der Waals surface area contributed by atoms with Crippen molar-refractivity contribution in [1.29, 1.82) is 0 Å². The summed E-state index contributed by atoms with van der Waals surface area (Å²) in [6.45, 7) is 0.209. The van der Waals surface area contributed by atoms with Gasteiger partial charge in [-0.05, 0) is 48.5 Å². The highest BCUT2D eigenvalue weighted by Crippen LogP contribution is 2.32. The molecule has 9 heteroatoms. The third kappa shape index (κ3) is 4.51. The molecule has 0 atom stereocenters. The molecule has 0 bridgehead atoms. The number of nitrogens with one attached hydrogen (secondary N) is 1. The predicted octanol–water partition coefficient (Wildman–Crippen LogP) is 4.50. The van der Waals surface area contributed by atoms with Crippen molar-refractivity contribution in [3.8, 4) is 16.1 Å². The number of halogens is 2. The van der Waals surface area contributed by atoms with E-state index in [1.807, 2.05) is 12.1 Å². The molecule has 0 aliphatic rings. The maximum Gasteiger partial charge on any atom is 0.272 e. The lowest BCUT2D eigenvalue weighted by molar-refractivity contribution is 0.0944. The minimum atomic E-state index is -0.624. The normalized spacial score (nSPS) is 10.7. The Balaban J connectivity index is 1.52. The molecule has 2 aromatic carbocycles. The fourth-order valence-electron chi connectivity index (χ4n) is 3.05. The first-order valence-corrected chi connectivity index (χ1v) is 10.6. The van der Waals surface area contributed by atoms with Gasteiger partial charge in [-0.25, -0.2) is 4.39 Å². The fraction of sp³-hybridized carbons (Fsp3) is 0.0435. The molecular formula is C23H15ClFN3O3S. The van der Waals surface area contributed by atoms with Crippen molar-refractivity contribution in [3.63, 3.8) is 0 Å². The average molecular weight is 468 g/mol. The molecule has 32 heavy (non-hydrogen) atoms. The van der Waals surface area contributed by atoms with Crippen LogP contribution in [0.15, 0.2) is 71.5 Å². The highest BCUT2D eigenvalue weighted by molar-refractivity contribution is 7.15. The lowest BCUT2D eigenvalue weighted by Gasteiger charge is -2.08. The third-order valence-corrected chi connectivity index (χ3v) is 5.96. The monoisotopic (exact) mass is 467 g/mol. The first kappa shape index (κ1) is 21.6. The number of para-hydroxylation sites is 1. The van der Waals surface area contributed by atoms with E-state index in [1.54, 1.807) is 24.3 Å². The molecule has 1 N–H and O–H groups in total. The molecule has 0 saturated heterocycles. The number of amides is 1. The van der Waals surface area contributed by atoms with Crippen LogP contribution in [0.3, 0.4) is 0 Å². The minimum absolute atomic E-state index is 0.0253. The van der Waals surface area contributed by atoms with Gasteiger partial charge in [-0.2, -0.15) is 9.78 Å². The Kier molecular flexibility index (Phi) is 6.25. The summed E-state index contributed by atoms with van der Waals surface area (Å²) in [6.07, 6.45) is 0.767. The van der Waals surface area contributed by atoms with Crippen LogP contribution in [0.2, 0.25) is 5.02 Å². The Labute approximate surface area is 190 Å². The highest BCUT2D eigenvalue weighted by atomic mass is 35.5. The Morgan fingerprint density at radius 2 is 1.94 bits per heavy atom. The lowest BCUT2D eigenvalue weighted by Crippen LogP contribution is -2.28. The largest absolute Gasteiger partial charge is 0.346 e. The van der Waals surface area contributed by atoms with Crippen molar-refractivity contribution in [3.05, 3.63) is 104 Å². The van der Waals surface area contributed by atoms with E-state index in [-0.39, 0.29) is 17.9 Å². The van der Waals surface area contributed by atoms with Gasteiger partial charge in [-0.3, -0.25) is 14.4 Å². The van der Waals surface area contributed by atoms with Gasteiger partial charge < -0.3 is 5.32 Å². The van der Waals surface area contributed by atoms with Gasteiger partial charge in [-0.15, -0.1) is 11.3 Å². The van der Waals surface area contributed by atoms with Crippen LogP contribution in [0, 0.1) is 5.82 Å². The van der Waals surface area contributed by atoms with Crippen LogP contribution in [-0.2, 0) is 6.54 Å². The standard InChI is InChI=1S/C23H15ClFN3O3S/c24-15-6-5-14(13-29)17(11-15)21-9-7-16(32-21)12-26-23(31)19-8-10-22(30)28(27-19)20-4-2-1-3-18(20)25/h1-11,13H,12H2,(H,26,31). The van der Waals surface area contributed by atoms with Gasteiger partial charge in [0.25, 0.3) is 11.5 Å². The Morgan fingerprint density at radius 1 is 1.12 bits per heavy atom. The van der Waals surface area contributed by atoms with Gasteiger partial charge in [0.1, 0.15) is 17.2 Å². The quantitative estimate of drug-likeness (QED) is 0.423. The van der Waals surface area contributed by atoms with Crippen LogP contribution < -0.4 is 10.9 Å². The van der Waals surface area contributed by atoms with Crippen LogP contribution in [0.1, 0.15) is 25.7 Å². The van der Waals surface area contributed by atoms with Gasteiger partial charge in [0.05, 0.1) is 6.54 Å². The zero-order chi connectivity index (χ0) is 22.7. The Morgan fingerprint density at radius 3 is 2.72 bits per heavy atom. The number of rotatable bonds is 6. The Bertz CT molecular complexity index is 1380. The summed E-state index contributed by atoms with van der Waals surface area (Å²) in [6, 6.07) is 16.8. The van der Waals surface area contributed by atoms with E-state index in [0.29, 0.717) is 16.1 Å². The zero-order valence-electron chi connectivity index (χ0n) is 16.4. The maximum absolute atomic E-state index is 14.0. The van der Waals surface area contributed by atoms with Gasteiger partial charge in [0.2, 0.25) is 0 Å². The van der Waals surface area contributed by atoms with Crippen molar-refractivity contribution in [1.82, 2.24) is 15.1 Å². The number of aromatic nitrogens is 2. The van der Waals surface area contributed by atoms with Crippen LogP contribution in [-0.4, -0.2) is 22.0 Å². The number of benzene rings is 2. The number of hydrogen-bond donors (Lipinski definition) is 1. The van der Waals surface area contributed by atoms with E-state index < -0.39 is 17.3 Å². The molecule has 4 rings (SSSR count). The molecule has 0 unspecified atom stereocenters. The molecule has 160 valence electrons. The topological polar surface area (TPSA) is 81.1 Å². The molecule has 6 nitrogen and oxygen atoms in total. The van der Waals surface area contributed by atoms with Crippen LogP contribution in [0.5, 0.6) is 0 Å². The van der Waals surface area contributed by atoms with Crippen LogP contribution in [0.25, 0.3) is 16.1 Å². The molecule has 0 radical (unpaired) electrons. The summed E-state index contributed by atoms with van der Waals surface area (Å²) < 4.78 is 14.9. The zero-order valence-corrected chi connectivity index (χ0v) is 18.0. The second-order valence-electron chi connectivity index (χ2n) is 6.72. The summed E-state index contributed by atoms with van der Waals surface area (Å²) >= 11 is 7.46. The summed E-state index contributed by atoms with van der Waals surface area (Å²) in [5, 5.41) is 7.26. The van der Waals surface area contributed by atoms with Gasteiger partial charge >= 0.3 is 0 Å². The molecule has 2 aromatic heterocycles. The van der Waals surface area contributed by atoms with E-state index in [2.05, 4.69) is 10.4 Å². The molecule has 0 aliphatic carbocycles. The smallest absolute Gasteiger partial charge is 0.272 e. The van der Waals surface area contributed by atoms with Gasteiger partial charge in [-0.1, -0.05) is 23.7 Å². The minimum Gasteiger partial charge on any atom is -0.346 e. The number of carbonyl (C=O) groups excluding carboxylic acids is 2. The second-order valence-corrected chi connectivity index (χ2v) is 8.32. The highest BCUT2D eigenvalue weighted by Gasteiger charge is 2.14. The second kappa shape index (κ2) is 9.25. The number of hydrogen-bond acceptors (Lipinski definition) is 5. The molecule has 0 fully saturated rings. The summed E-state index contributed by atoms with van der Waals surface area (Å²) in [4.78, 5) is 37.7. The van der Waals surface area contributed by atoms with Crippen molar-refractivity contribution in [2.45, 2.75) is 6.54 Å². The van der Waals surface area contributed by atoms with Crippen molar-refractivity contribution >= 4 is 35.1 Å². The molecule has 0 aliphatic heterocycles. The van der Waals surface area contributed by atoms with Crippen molar-refractivity contribution in [2.24, 2.45) is 0 Å². The summed E-state index contributed by atoms with van der Waals surface area (Å²) in [5.41, 5.74) is 0.618. The fourth-order valence-corrected chi connectivity index (χ4v) is 4.21. The molecule has 0 saturated carbocycles. The first-order chi connectivity index (χ1) is 15.5. The lowest BCUT2D eigenvalue weighted by atomic mass is 10.1. The van der Waals surface area contributed by atoms with E-state index in [4.69, 9.17) is 11.6 Å². The molecule has 0 spiro atoms. The summed E-state index contributed by atoms with van der Waals surface area (Å²) in [7, 11) is 0. The van der Waals surface area contributed by atoms with Gasteiger partial charge in [0, 0.05) is 32.0 Å². The molecule has 1 amide bonds. The number of thiophene rings is 1. The SMILES string of the molecule is O=Cc1ccc(Cl)cc1-c1ccc(CNC(=O)c2ccc(=O)n(-c3ccccc3F)n2)s1. The predicted molar refractivity (Wildman–Crippen MR) is 121 cm³/mol. The number of aldehydes is 1. The maximum atomic E-state index is 14.0. The number of nitrogens with zero attached hydrogens (tertiary/aromatic N) is 2. The van der Waals surface area contributed by atoms with Crippen molar-refractivity contribution in [2.75, 3.05) is 0 Å². The van der Waals surface area contributed by atoms with Crippen LogP contribution >= 0.6 is 22.9 Å². The molecular weight excluding hydrogens is 453 g/mol. The Hall–Kier alpha value is -3.62. The average Bonchev–Trinajstić information content (AvgIpc) is 3.27. The van der Waals surface area contributed by atoms with E-state index in [0.717, 1.165) is 26.8 Å². The first-order valence-electron chi connectivity index (χ1n) is 9.43. The summed E-state index contributed by atoms with van der Waals surface area (Å²) in [5.74, 6) is -1.14. The van der Waals surface area contributed by atoms with E-state index in [1.165, 1.54) is 35.6 Å². The van der Waals surface area contributed by atoms with E-state index in [9.17, 15) is 18.8 Å². The third-order valence-electron chi connectivity index (χ3n) is 4.61. The molecule has 2 heterocycles. The van der Waals surface area contributed by atoms with Crippen molar-refractivity contribution < 1.29 is 14.0 Å². The van der Waals surface area contributed by atoms with Crippen LogP contribution in [0.4, 0.5) is 4.39 Å². The van der Waals surface area contributed by atoms with Gasteiger partial charge in [0.15, 0.2) is 6.29 Å². The van der Waals surface area contributed by atoms with E-state index >= 15 is 0 Å². The number of carbonyl (C=O) groups is 2. The molecule has 4 aromatic rings.